The molecule has 0 spiro atoms. The summed E-state index contributed by atoms with van der Waals surface area (Å²) in [6, 6.07) is 41.2. The zero-order chi connectivity index (χ0) is 33.6. The minimum atomic E-state index is 0.0522. The number of aromatic nitrogens is 1. The maximum Gasteiger partial charge on any atom is 0.254 e. The molecule has 2 aliphatic rings. The summed E-state index contributed by atoms with van der Waals surface area (Å²) in [5, 5.41) is 0. The number of likely N-dealkylation sites (tertiary alicyclic amines) is 1. The summed E-state index contributed by atoms with van der Waals surface area (Å²) in [5.74, 6) is 0.164. The van der Waals surface area contributed by atoms with Crippen LogP contribution >= 0.6 is 0 Å². The van der Waals surface area contributed by atoms with Crippen molar-refractivity contribution < 1.29 is 9.59 Å². The van der Waals surface area contributed by atoms with E-state index < -0.39 is 0 Å². The van der Waals surface area contributed by atoms with Gasteiger partial charge in [0.15, 0.2) is 0 Å². The Balaban J connectivity index is 0.942. The smallest absolute Gasteiger partial charge is 0.254 e. The summed E-state index contributed by atoms with van der Waals surface area (Å²) in [6.45, 7) is 6.77. The van der Waals surface area contributed by atoms with Crippen LogP contribution in [0.3, 0.4) is 0 Å². The summed E-state index contributed by atoms with van der Waals surface area (Å²) < 4.78 is 0. The fourth-order valence-corrected chi connectivity index (χ4v) is 7.21. The minimum Gasteiger partial charge on any atom is -0.339 e. The summed E-state index contributed by atoms with van der Waals surface area (Å²) in [4.78, 5) is 38.7. The first-order valence-corrected chi connectivity index (χ1v) is 17.7. The molecule has 7 rings (SSSR count). The van der Waals surface area contributed by atoms with E-state index in [0.717, 1.165) is 85.5 Å². The van der Waals surface area contributed by atoms with Gasteiger partial charge in [0.25, 0.3) is 11.8 Å². The van der Waals surface area contributed by atoms with Crippen LogP contribution in [0.15, 0.2) is 121 Å². The Kier molecular flexibility index (Phi) is 9.94. The van der Waals surface area contributed by atoms with Crippen LogP contribution in [0.25, 0.3) is 33.6 Å². The third-order valence-corrected chi connectivity index (χ3v) is 10.0. The number of pyridine rings is 1. The van der Waals surface area contributed by atoms with Gasteiger partial charge >= 0.3 is 0 Å². The predicted molar refractivity (Wildman–Crippen MR) is 197 cm³/mol. The summed E-state index contributed by atoms with van der Waals surface area (Å²) in [6.07, 6.45) is 4.14. The van der Waals surface area contributed by atoms with Gasteiger partial charge < -0.3 is 9.80 Å². The van der Waals surface area contributed by atoms with Gasteiger partial charge in [-0.15, -0.1) is 0 Å². The van der Waals surface area contributed by atoms with Gasteiger partial charge in [-0.25, -0.2) is 4.98 Å². The fourth-order valence-electron chi connectivity index (χ4n) is 7.21. The van der Waals surface area contributed by atoms with Gasteiger partial charge in [-0.2, -0.15) is 0 Å². The molecule has 2 aliphatic heterocycles. The number of benzene rings is 4. The Morgan fingerprint density at radius 2 is 1.06 bits per heavy atom. The Morgan fingerprint density at radius 3 is 1.59 bits per heavy atom. The van der Waals surface area contributed by atoms with Crippen LogP contribution in [0.2, 0.25) is 0 Å². The summed E-state index contributed by atoms with van der Waals surface area (Å²) in [7, 11) is 0. The van der Waals surface area contributed by atoms with Gasteiger partial charge in [-0.1, -0.05) is 110 Å². The summed E-state index contributed by atoms with van der Waals surface area (Å²) >= 11 is 0. The predicted octanol–water partition coefficient (Wildman–Crippen LogP) is 8.10. The van der Waals surface area contributed by atoms with Crippen LogP contribution in [0.4, 0.5) is 0 Å². The number of rotatable bonds is 8. The van der Waals surface area contributed by atoms with Crippen molar-refractivity contribution in [2.24, 2.45) is 0 Å². The largest absolute Gasteiger partial charge is 0.339 e. The van der Waals surface area contributed by atoms with Gasteiger partial charge in [0, 0.05) is 67.6 Å². The lowest BCUT2D eigenvalue weighted by atomic mass is 9.99. The molecule has 3 heterocycles. The molecule has 0 atom stereocenters. The van der Waals surface area contributed by atoms with Crippen LogP contribution in [0.5, 0.6) is 0 Å². The zero-order valence-electron chi connectivity index (χ0n) is 28.3. The number of hydrogen-bond donors (Lipinski definition) is 0. The number of aryl methyl sites for hydroxylation is 1. The highest BCUT2D eigenvalue weighted by Crippen LogP contribution is 2.27. The maximum absolute atomic E-state index is 13.9. The van der Waals surface area contributed by atoms with E-state index in [0.29, 0.717) is 24.7 Å². The third-order valence-electron chi connectivity index (χ3n) is 10.0. The van der Waals surface area contributed by atoms with E-state index >= 15 is 0 Å². The van der Waals surface area contributed by atoms with Crippen molar-refractivity contribution in [1.29, 1.82) is 0 Å². The molecular formula is C43H44N4O2. The zero-order valence-corrected chi connectivity index (χ0v) is 28.3. The average Bonchev–Trinajstić information content (AvgIpc) is 3.18. The Labute approximate surface area is 290 Å². The molecule has 6 heteroatoms. The molecule has 0 unspecified atom stereocenters. The first-order chi connectivity index (χ1) is 24.1. The topological polar surface area (TPSA) is 56.8 Å². The molecule has 2 fully saturated rings. The van der Waals surface area contributed by atoms with E-state index in [1.807, 2.05) is 94.7 Å². The molecule has 0 N–H and O–H groups in total. The fraction of sp³-hybridized carbons (Fsp3) is 0.279. The van der Waals surface area contributed by atoms with E-state index in [1.54, 1.807) is 0 Å². The quantitative estimate of drug-likeness (QED) is 0.171. The van der Waals surface area contributed by atoms with Gasteiger partial charge in [0.2, 0.25) is 0 Å². The monoisotopic (exact) mass is 648 g/mol. The van der Waals surface area contributed by atoms with E-state index in [9.17, 15) is 9.59 Å². The van der Waals surface area contributed by atoms with Crippen LogP contribution in [-0.2, 0) is 6.42 Å². The second kappa shape index (κ2) is 15.0. The highest BCUT2D eigenvalue weighted by molar-refractivity contribution is 5.96. The molecule has 2 saturated heterocycles. The van der Waals surface area contributed by atoms with Crippen molar-refractivity contribution >= 4 is 11.8 Å². The number of carbonyl (C=O) groups is 2. The van der Waals surface area contributed by atoms with Crippen molar-refractivity contribution in [3.05, 3.63) is 138 Å². The van der Waals surface area contributed by atoms with E-state index in [1.165, 1.54) is 11.1 Å². The SMILES string of the molecule is CCCc1ccc(-c2ccc(C(=O)N3CCC(N4CCN(C(=O)c5cc(-c6ccccc6)nc(-c6ccccc6)c5)CC4)CC3)cc2)cc1. The molecule has 1 aromatic heterocycles. The van der Waals surface area contributed by atoms with Gasteiger partial charge in [-0.3, -0.25) is 14.5 Å². The molecule has 5 aromatic rings. The standard InChI is InChI=1S/C43H44N4O2/c1-2-9-32-14-16-33(17-15-32)34-18-20-37(21-19-34)42(48)46-24-22-39(23-25-46)45-26-28-47(29-27-45)43(49)38-30-40(35-10-5-3-6-11-35)44-41(31-38)36-12-7-4-8-13-36/h3-8,10-21,30-31,39H,2,9,22-29H2,1H3. The van der Waals surface area contributed by atoms with Gasteiger partial charge in [0.05, 0.1) is 11.4 Å². The van der Waals surface area contributed by atoms with Crippen LogP contribution in [-0.4, -0.2) is 76.8 Å². The second-order valence-corrected chi connectivity index (χ2v) is 13.2. The minimum absolute atomic E-state index is 0.0522. The molecular weight excluding hydrogens is 604 g/mol. The normalized spacial score (nSPS) is 15.7. The number of piperazine rings is 1. The molecule has 2 amide bonds. The molecule has 4 aromatic carbocycles. The summed E-state index contributed by atoms with van der Waals surface area (Å²) in [5.41, 5.74) is 8.69. The lowest BCUT2D eigenvalue weighted by Gasteiger charge is -2.42. The molecule has 248 valence electrons. The molecule has 49 heavy (non-hydrogen) atoms. The molecule has 0 aliphatic carbocycles. The van der Waals surface area contributed by atoms with Crippen molar-refractivity contribution in [2.45, 2.75) is 38.6 Å². The number of nitrogens with zero attached hydrogens (tertiary/aromatic N) is 4. The Hall–Kier alpha value is -5.07. The lowest BCUT2D eigenvalue weighted by molar-refractivity contribution is 0.0412. The van der Waals surface area contributed by atoms with Crippen LogP contribution in [0.1, 0.15) is 52.5 Å². The van der Waals surface area contributed by atoms with Crippen molar-refractivity contribution in [3.63, 3.8) is 0 Å². The third kappa shape index (κ3) is 7.50. The molecule has 0 saturated carbocycles. The average molecular weight is 649 g/mol. The van der Waals surface area contributed by atoms with E-state index in [-0.39, 0.29) is 11.8 Å². The van der Waals surface area contributed by atoms with Gasteiger partial charge in [-0.05, 0) is 60.2 Å². The van der Waals surface area contributed by atoms with Crippen molar-refractivity contribution in [1.82, 2.24) is 19.7 Å². The number of piperidine rings is 1. The first-order valence-electron chi connectivity index (χ1n) is 17.7. The lowest BCUT2D eigenvalue weighted by Crippen LogP contribution is -2.54. The van der Waals surface area contributed by atoms with E-state index in [2.05, 4.69) is 48.2 Å². The number of carbonyl (C=O) groups excluding carboxylic acids is 2. The second-order valence-electron chi connectivity index (χ2n) is 13.2. The van der Waals surface area contributed by atoms with Crippen molar-refractivity contribution in [2.75, 3.05) is 39.3 Å². The molecule has 0 bridgehead atoms. The van der Waals surface area contributed by atoms with Crippen LogP contribution in [0, 0.1) is 0 Å². The maximum atomic E-state index is 13.9. The Bertz CT molecular complexity index is 1800. The number of amides is 2. The van der Waals surface area contributed by atoms with E-state index in [4.69, 9.17) is 4.98 Å². The molecule has 6 nitrogen and oxygen atoms in total. The van der Waals surface area contributed by atoms with Gasteiger partial charge in [0.1, 0.15) is 0 Å². The van der Waals surface area contributed by atoms with Crippen LogP contribution < -0.4 is 0 Å². The number of hydrogen-bond acceptors (Lipinski definition) is 4. The highest BCUT2D eigenvalue weighted by Gasteiger charge is 2.31. The highest BCUT2D eigenvalue weighted by atomic mass is 16.2. The first kappa shape index (κ1) is 32.5. The molecule has 0 radical (unpaired) electrons. The Morgan fingerprint density at radius 1 is 0.571 bits per heavy atom. The van der Waals surface area contributed by atoms with Crippen molar-refractivity contribution in [3.8, 4) is 33.6 Å².